The molecular formula is C14H21NO2. The summed E-state index contributed by atoms with van der Waals surface area (Å²) < 4.78 is 11.0. The molecule has 2 rings (SSSR count). The van der Waals surface area contributed by atoms with Crippen molar-refractivity contribution in [2.45, 2.75) is 31.9 Å². The van der Waals surface area contributed by atoms with Gasteiger partial charge in [-0.2, -0.15) is 0 Å². The highest BCUT2D eigenvalue weighted by atomic mass is 16.5. The van der Waals surface area contributed by atoms with Crippen LogP contribution < -0.4 is 5.73 Å². The Hall–Kier alpha value is -0.900. The molecule has 3 nitrogen and oxygen atoms in total. The summed E-state index contributed by atoms with van der Waals surface area (Å²) in [5, 5.41) is 0. The number of hydrogen-bond acceptors (Lipinski definition) is 3. The summed E-state index contributed by atoms with van der Waals surface area (Å²) in [5.74, 6) is 0. The van der Waals surface area contributed by atoms with E-state index >= 15 is 0 Å². The fourth-order valence-corrected chi connectivity index (χ4v) is 1.98. The van der Waals surface area contributed by atoms with Gasteiger partial charge in [0.05, 0.1) is 25.4 Å². The van der Waals surface area contributed by atoms with Gasteiger partial charge in [-0.25, -0.2) is 0 Å². The smallest absolute Gasteiger partial charge is 0.0831 e. The molecular weight excluding hydrogens is 214 g/mol. The number of benzene rings is 1. The van der Waals surface area contributed by atoms with E-state index in [0.29, 0.717) is 13.2 Å². The second-order valence-corrected chi connectivity index (χ2v) is 4.52. The van der Waals surface area contributed by atoms with Crippen LogP contribution in [-0.2, 0) is 15.9 Å². The van der Waals surface area contributed by atoms with Crippen molar-refractivity contribution < 1.29 is 9.47 Å². The van der Waals surface area contributed by atoms with Gasteiger partial charge in [-0.15, -0.1) is 0 Å². The first-order valence-corrected chi connectivity index (χ1v) is 6.33. The minimum absolute atomic E-state index is 0.0403. The van der Waals surface area contributed by atoms with Crippen molar-refractivity contribution in [1.82, 2.24) is 0 Å². The maximum absolute atomic E-state index is 6.10. The minimum Gasteiger partial charge on any atom is -0.379 e. The van der Waals surface area contributed by atoms with Gasteiger partial charge in [-0.3, -0.25) is 0 Å². The largest absolute Gasteiger partial charge is 0.379 e. The number of ether oxygens (including phenoxy) is 2. The molecule has 1 aromatic carbocycles. The number of nitrogens with two attached hydrogens (primary N) is 1. The molecule has 94 valence electrons. The lowest BCUT2D eigenvalue weighted by atomic mass is 10.1. The second-order valence-electron chi connectivity index (χ2n) is 4.52. The Kier molecular flexibility index (Phi) is 4.54. The highest BCUT2D eigenvalue weighted by Crippen LogP contribution is 2.15. The molecule has 0 aliphatic carbocycles. The Bertz CT molecular complexity index is 331. The molecule has 0 aromatic heterocycles. The van der Waals surface area contributed by atoms with Crippen LogP contribution in [0.3, 0.4) is 0 Å². The summed E-state index contributed by atoms with van der Waals surface area (Å²) >= 11 is 0. The Morgan fingerprint density at radius 2 is 2.18 bits per heavy atom. The lowest BCUT2D eigenvalue weighted by Gasteiger charge is -2.16. The van der Waals surface area contributed by atoms with Crippen LogP contribution in [0.25, 0.3) is 0 Å². The molecule has 17 heavy (non-hydrogen) atoms. The summed E-state index contributed by atoms with van der Waals surface area (Å²) in [4.78, 5) is 0. The van der Waals surface area contributed by atoms with Crippen molar-refractivity contribution in [1.29, 1.82) is 0 Å². The maximum atomic E-state index is 6.10. The van der Waals surface area contributed by atoms with E-state index in [9.17, 15) is 0 Å². The third-order valence-electron chi connectivity index (χ3n) is 3.22. The van der Waals surface area contributed by atoms with Gasteiger partial charge in [0.25, 0.3) is 0 Å². The van der Waals surface area contributed by atoms with E-state index in [1.807, 2.05) is 0 Å². The average molecular weight is 235 g/mol. The Labute approximate surface area is 103 Å². The van der Waals surface area contributed by atoms with Gasteiger partial charge < -0.3 is 15.2 Å². The standard InChI is InChI=1S/C14H21NO2/c1-2-11-3-5-12(6-4-11)14(15)10-17-13-7-8-16-9-13/h3-6,13-14H,2,7-10,15H2,1H3. The summed E-state index contributed by atoms with van der Waals surface area (Å²) in [5.41, 5.74) is 8.58. The van der Waals surface area contributed by atoms with E-state index < -0.39 is 0 Å². The van der Waals surface area contributed by atoms with E-state index in [4.69, 9.17) is 15.2 Å². The summed E-state index contributed by atoms with van der Waals surface area (Å²) in [6, 6.07) is 8.42. The van der Waals surface area contributed by atoms with E-state index in [-0.39, 0.29) is 12.1 Å². The van der Waals surface area contributed by atoms with Crippen LogP contribution in [0.1, 0.15) is 30.5 Å². The highest BCUT2D eigenvalue weighted by molar-refractivity contribution is 5.24. The van der Waals surface area contributed by atoms with Gasteiger partial charge in [0.15, 0.2) is 0 Å². The maximum Gasteiger partial charge on any atom is 0.0831 e. The van der Waals surface area contributed by atoms with Gasteiger partial charge >= 0.3 is 0 Å². The van der Waals surface area contributed by atoms with Gasteiger partial charge in [-0.05, 0) is 24.0 Å². The Morgan fingerprint density at radius 3 is 2.76 bits per heavy atom. The lowest BCUT2D eigenvalue weighted by molar-refractivity contribution is 0.0349. The zero-order valence-corrected chi connectivity index (χ0v) is 10.4. The molecule has 0 saturated carbocycles. The SMILES string of the molecule is CCc1ccc(C(N)COC2CCOC2)cc1. The summed E-state index contributed by atoms with van der Waals surface area (Å²) in [7, 11) is 0. The first-order valence-electron chi connectivity index (χ1n) is 6.33. The number of hydrogen-bond donors (Lipinski definition) is 1. The van der Waals surface area contributed by atoms with Crippen LogP contribution in [0.4, 0.5) is 0 Å². The molecule has 0 spiro atoms. The molecule has 1 saturated heterocycles. The van der Waals surface area contributed by atoms with Crippen molar-refractivity contribution in [2.24, 2.45) is 5.73 Å². The molecule has 1 aliphatic rings. The van der Waals surface area contributed by atoms with Crippen molar-refractivity contribution in [3.05, 3.63) is 35.4 Å². The molecule has 1 aliphatic heterocycles. The van der Waals surface area contributed by atoms with Crippen molar-refractivity contribution in [2.75, 3.05) is 19.8 Å². The molecule has 1 aromatic rings. The van der Waals surface area contributed by atoms with Crippen LogP contribution in [0, 0.1) is 0 Å². The molecule has 0 bridgehead atoms. The fraction of sp³-hybridized carbons (Fsp3) is 0.571. The zero-order valence-electron chi connectivity index (χ0n) is 10.4. The van der Waals surface area contributed by atoms with Gasteiger partial charge in [0.1, 0.15) is 0 Å². The molecule has 0 amide bonds. The van der Waals surface area contributed by atoms with Crippen molar-refractivity contribution >= 4 is 0 Å². The van der Waals surface area contributed by atoms with Crippen molar-refractivity contribution in [3.8, 4) is 0 Å². The normalized spacial score (nSPS) is 21.6. The third kappa shape index (κ3) is 3.53. The van der Waals surface area contributed by atoms with Crippen LogP contribution in [0.5, 0.6) is 0 Å². The van der Waals surface area contributed by atoms with Crippen LogP contribution >= 0.6 is 0 Å². The van der Waals surface area contributed by atoms with Gasteiger partial charge in [-0.1, -0.05) is 31.2 Å². The summed E-state index contributed by atoms with van der Waals surface area (Å²) in [6.45, 7) is 4.24. The Balaban J connectivity index is 1.83. The number of aryl methyl sites for hydroxylation is 1. The molecule has 2 atom stereocenters. The van der Waals surface area contributed by atoms with Gasteiger partial charge in [0.2, 0.25) is 0 Å². The second kappa shape index (κ2) is 6.15. The van der Waals surface area contributed by atoms with Crippen LogP contribution in [0.2, 0.25) is 0 Å². The molecule has 2 N–H and O–H groups in total. The molecule has 1 heterocycles. The topological polar surface area (TPSA) is 44.5 Å². The number of rotatable bonds is 5. The molecule has 1 fully saturated rings. The van der Waals surface area contributed by atoms with E-state index in [2.05, 4.69) is 31.2 Å². The monoisotopic (exact) mass is 235 g/mol. The third-order valence-corrected chi connectivity index (χ3v) is 3.22. The lowest BCUT2D eigenvalue weighted by Crippen LogP contribution is -2.22. The predicted octanol–water partition coefficient (Wildman–Crippen LogP) is 2.05. The van der Waals surface area contributed by atoms with E-state index in [1.165, 1.54) is 5.56 Å². The zero-order chi connectivity index (χ0) is 12.1. The van der Waals surface area contributed by atoms with Gasteiger partial charge in [0, 0.05) is 6.61 Å². The first-order chi connectivity index (χ1) is 8.29. The van der Waals surface area contributed by atoms with E-state index in [1.54, 1.807) is 0 Å². The molecule has 0 radical (unpaired) electrons. The molecule has 3 heteroatoms. The van der Waals surface area contributed by atoms with Crippen molar-refractivity contribution in [3.63, 3.8) is 0 Å². The highest BCUT2D eigenvalue weighted by Gasteiger charge is 2.17. The summed E-state index contributed by atoms with van der Waals surface area (Å²) in [6.07, 6.45) is 2.28. The van der Waals surface area contributed by atoms with E-state index in [0.717, 1.165) is 25.0 Å². The fourth-order valence-electron chi connectivity index (χ4n) is 1.98. The molecule has 2 unspecified atom stereocenters. The predicted molar refractivity (Wildman–Crippen MR) is 67.9 cm³/mol. The Morgan fingerprint density at radius 1 is 1.41 bits per heavy atom. The quantitative estimate of drug-likeness (QED) is 0.849. The average Bonchev–Trinajstić information content (AvgIpc) is 2.89. The van der Waals surface area contributed by atoms with Crippen LogP contribution in [0.15, 0.2) is 24.3 Å². The van der Waals surface area contributed by atoms with Crippen LogP contribution in [-0.4, -0.2) is 25.9 Å². The first kappa shape index (κ1) is 12.6. The minimum atomic E-state index is -0.0403.